The Hall–Kier alpha value is -0.480. The quantitative estimate of drug-likeness (QED) is 0.778. The molecule has 14 heavy (non-hydrogen) atoms. The zero-order valence-corrected chi connectivity index (χ0v) is 10.3. The minimum atomic E-state index is 0.464. The molecule has 1 aromatic carbocycles. The van der Waals surface area contributed by atoms with Crippen LogP contribution in [0.1, 0.15) is 6.92 Å². The predicted molar refractivity (Wildman–Crippen MR) is 67.0 cm³/mol. The molecule has 1 aliphatic rings. The number of nitrogens with zero attached hydrogens (tertiary/aromatic N) is 2. The fraction of sp³-hybridized carbons (Fsp3) is 0.300. The predicted octanol–water partition coefficient (Wildman–Crippen LogP) is 3.33. The Balaban J connectivity index is 2.25. The number of halogens is 1. The smallest absolute Gasteiger partial charge is 0.0804 e. The Morgan fingerprint density at radius 3 is 2.79 bits per heavy atom. The summed E-state index contributed by atoms with van der Waals surface area (Å²) in [6.45, 7) is 2.19. The molecular formula is C10H11BrN2S. The molecule has 2 nitrogen and oxygen atoms in total. The molecule has 0 unspecified atom stereocenters. The Morgan fingerprint density at radius 1 is 1.43 bits per heavy atom. The van der Waals surface area contributed by atoms with Crippen molar-refractivity contribution in [2.75, 3.05) is 10.8 Å². The van der Waals surface area contributed by atoms with Gasteiger partial charge < -0.3 is 0 Å². The van der Waals surface area contributed by atoms with Gasteiger partial charge in [0.2, 0.25) is 0 Å². The monoisotopic (exact) mass is 270 g/mol. The van der Waals surface area contributed by atoms with Crippen LogP contribution in [0.4, 0.5) is 5.69 Å². The fourth-order valence-electron chi connectivity index (χ4n) is 1.37. The first kappa shape index (κ1) is 10.1. The standard InChI is InChI=1S/C10H11BrN2S/c1-8-6-14-7-12-13(8)10-4-2-9(11)3-5-10/h2-5,7-8H,6H2,1H3/t8-/m1/s1. The molecule has 0 fully saturated rings. The van der Waals surface area contributed by atoms with Gasteiger partial charge in [-0.3, -0.25) is 5.01 Å². The number of hydrogen-bond donors (Lipinski definition) is 0. The van der Waals surface area contributed by atoms with Gasteiger partial charge in [0, 0.05) is 10.2 Å². The summed E-state index contributed by atoms with van der Waals surface area (Å²) in [7, 11) is 0. The number of thioether (sulfide) groups is 1. The van der Waals surface area contributed by atoms with Crippen molar-refractivity contribution in [2.24, 2.45) is 5.10 Å². The second-order valence-corrected chi connectivity index (χ2v) is 5.02. The minimum Gasteiger partial charge on any atom is -0.261 e. The molecule has 0 aromatic heterocycles. The van der Waals surface area contributed by atoms with E-state index in [1.165, 1.54) is 0 Å². The van der Waals surface area contributed by atoms with Crippen LogP contribution in [0.2, 0.25) is 0 Å². The molecule has 0 N–H and O–H groups in total. The lowest BCUT2D eigenvalue weighted by Crippen LogP contribution is -2.32. The van der Waals surface area contributed by atoms with Gasteiger partial charge in [-0.05, 0) is 31.2 Å². The Labute approximate surface area is 96.5 Å². The first-order chi connectivity index (χ1) is 6.77. The van der Waals surface area contributed by atoms with E-state index in [1.54, 1.807) is 11.8 Å². The zero-order chi connectivity index (χ0) is 9.97. The van der Waals surface area contributed by atoms with Crippen LogP contribution in [0, 0.1) is 0 Å². The van der Waals surface area contributed by atoms with E-state index in [2.05, 4.69) is 45.1 Å². The molecule has 1 heterocycles. The van der Waals surface area contributed by atoms with Gasteiger partial charge in [0.25, 0.3) is 0 Å². The zero-order valence-electron chi connectivity index (χ0n) is 7.85. The Morgan fingerprint density at radius 2 is 2.14 bits per heavy atom. The van der Waals surface area contributed by atoms with Gasteiger partial charge >= 0.3 is 0 Å². The molecule has 0 bridgehead atoms. The van der Waals surface area contributed by atoms with Crippen molar-refractivity contribution in [3.05, 3.63) is 28.7 Å². The Bertz CT molecular complexity index is 336. The average molecular weight is 271 g/mol. The molecule has 1 aliphatic heterocycles. The molecular weight excluding hydrogens is 260 g/mol. The molecule has 0 saturated carbocycles. The lowest BCUT2D eigenvalue weighted by molar-refractivity contribution is 0.721. The molecule has 0 radical (unpaired) electrons. The summed E-state index contributed by atoms with van der Waals surface area (Å²) < 4.78 is 1.10. The van der Waals surface area contributed by atoms with Crippen molar-refractivity contribution in [1.82, 2.24) is 0 Å². The molecule has 4 heteroatoms. The van der Waals surface area contributed by atoms with Crippen molar-refractivity contribution in [3.8, 4) is 0 Å². The molecule has 0 spiro atoms. The van der Waals surface area contributed by atoms with Crippen LogP contribution < -0.4 is 5.01 Å². The molecule has 74 valence electrons. The van der Waals surface area contributed by atoms with Crippen LogP contribution in [-0.2, 0) is 0 Å². The summed E-state index contributed by atoms with van der Waals surface area (Å²) in [5.74, 6) is 1.10. The summed E-state index contributed by atoms with van der Waals surface area (Å²) in [4.78, 5) is 0. The van der Waals surface area contributed by atoms with E-state index in [1.807, 2.05) is 17.7 Å². The van der Waals surface area contributed by atoms with Crippen LogP contribution in [-0.4, -0.2) is 17.3 Å². The van der Waals surface area contributed by atoms with E-state index in [4.69, 9.17) is 0 Å². The largest absolute Gasteiger partial charge is 0.261 e. The summed E-state index contributed by atoms with van der Waals surface area (Å²) >= 11 is 5.19. The fourth-order valence-corrected chi connectivity index (χ4v) is 2.30. The maximum Gasteiger partial charge on any atom is 0.0804 e. The van der Waals surface area contributed by atoms with Crippen molar-refractivity contribution in [2.45, 2.75) is 13.0 Å². The maximum absolute atomic E-state index is 4.37. The van der Waals surface area contributed by atoms with Gasteiger partial charge in [0.1, 0.15) is 0 Å². The summed E-state index contributed by atoms with van der Waals surface area (Å²) in [5, 5.41) is 6.42. The van der Waals surface area contributed by atoms with E-state index in [0.717, 1.165) is 15.9 Å². The second-order valence-electron chi connectivity index (χ2n) is 3.22. The van der Waals surface area contributed by atoms with E-state index in [9.17, 15) is 0 Å². The molecule has 1 aromatic rings. The van der Waals surface area contributed by atoms with E-state index < -0.39 is 0 Å². The highest BCUT2D eigenvalue weighted by molar-refractivity contribution is 9.10. The first-order valence-corrected chi connectivity index (χ1v) is 6.30. The average Bonchev–Trinajstić information content (AvgIpc) is 2.20. The summed E-state index contributed by atoms with van der Waals surface area (Å²) in [5.41, 5.74) is 3.06. The van der Waals surface area contributed by atoms with E-state index in [0.29, 0.717) is 6.04 Å². The second kappa shape index (κ2) is 4.36. The van der Waals surface area contributed by atoms with Crippen LogP contribution in [0.15, 0.2) is 33.8 Å². The number of anilines is 1. The molecule has 1 atom stereocenters. The summed E-state index contributed by atoms with van der Waals surface area (Å²) in [6, 6.07) is 8.70. The van der Waals surface area contributed by atoms with Crippen LogP contribution in [0.3, 0.4) is 0 Å². The van der Waals surface area contributed by atoms with Crippen molar-refractivity contribution in [1.29, 1.82) is 0 Å². The van der Waals surface area contributed by atoms with Crippen LogP contribution in [0.25, 0.3) is 0 Å². The van der Waals surface area contributed by atoms with Gasteiger partial charge in [0.15, 0.2) is 0 Å². The van der Waals surface area contributed by atoms with Crippen molar-refractivity contribution < 1.29 is 0 Å². The highest BCUT2D eigenvalue weighted by Crippen LogP contribution is 2.24. The highest BCUT2D eigenvalue weighted by atomic mass is 79.9. The highest BCUT2D eigenvalue weighted by Gasteiger charge is 2.16. The third-order valence-corrected chi connectivity index (χ3v) is 3.54. The number of hydrazone groups is 1. The maximum atomic E-state index is 4.37. The molecule has 0 saturated heterocycles. The van der Waals surface area contributed by atoms with Gasteiger partial charge in [-0.25, -0.2) is 0 Å². The van der Waals surface area contributed by atoms with Crippen molar-refractivity contribution >= 4 is 38.9 Å². The first-order valence-electron chi connectivity index (χ1n) is 4.46. The third kappa shape index (κ3) is 2.12. The normalized spacial score (nSPS) is 21.3. The molecule has 0 amide bonds. The van der Waals surface area contributed by atoms with Gasteiger partial charge in [-0.15, -0.1) is 11.8 Å². The SMILES string of the molecule is C[C@@H]1CSC=NN1c1ccc(Br)cc1. The van der Waals surface area contributed by atoms with E-state index in [-0.39, 0.29) is 0 Å². The van der Waals surface area contributed by atoms with Gasteiger partial charge in [-0.2, -0.15) is 5.10 Å². The molecule has 0 aliphatic carbocycles. The molecule has 2 rings (SSSR count). The minimum absolute atomic E-state index is 0.464. The topological polar surface area (TPSA) is 15.6 Å². The van der Waals surface area contributed by atoms with Crippen LogP contribution >= 0.6 is 27.7 Å². The lowest BCUT2D eigenvalue weighted by atomic mass is 10.2. The number of rotatable bonds is 1. The Kier molecular flexibility index (Phi) is 3.13. The van der Waals surface area contributed by atoms with Gasteiger partial charge in [0.05, 0.1) is 17.3 Å². The third-order valence-electron chi connectivity index (χ3n) is 2.09. The lowest BCUT2D eigenvalue weighted by Gasteiger charge is -2.28. The summed E-state index contributed by atoms with van der Waals surface area (Å²) in [6.07, 6.45) is 0. The van der Waals surface area contributed by atoms with E-state index >= 15 is 0 Å². The van der Waals surface area contributed by atoms with Gasteiger partial charge in [-0.1, -0.05) is 15.9 Å². The van der Waals surface area contributed by atoms with Crippen LogP contribution in [0.5, 0.6) is 0 Å². The number of benzene rings is 1. The van der Waals surface area contributed by atoms with Crippen molar-refractivity contribution in [3.63, 3.8) is 0 Å². The number of hydrogen-bond acceptors (Lipinski definition) is 3.